The number of amides is 1. The third-order valence-corrected chi connectivity index (χ3v) is 3.91. The van der Waals surface area contributed by atoms with E-state index in [0.717, 1.165) is 25.7 Å². The first-order valence-corrected chi connectivity index (χ1v) is 8.40. The number of ether oxygens (including phenoxy) is 1. The van der Waals surface area contributed by atoms with E-state index in [9.17, 15) is 10.0 Å². The molecule has 1 amide bonds. The molecule has 0 aromatic rings. The van der Waals surface area contributed by atoms with Gasteiger partial charge in [-0.1, -0.05) is 6.42 Å². The lowest BCUT2D eigenvalue weighted by molar-refractivity contribution is -0.652. The van der Waals surface area contributed by atoms with Gasteiger partial charge in [-0.15, -0.1) is 0 Å². The molecule has 1 saturated heterocycles. The molecule has 23 heavy (non-hydrogen) atoms. The number of likely N-dealkylation sites (tertiary alicyclic amines) is 1. The summed E-state index contributed by atoms with van der Waals surface area (Å²) in [5.41, 5.74) is 1.77. The van der Waals surface area contributed by atoms with Crippen molar-refractivity contribution in [2.45, 2.75) is 77.0 Å². The molecule has 0 bridgehead atoms. The largest absolute Gasteiger partial charge is 0.570 e. The molecule has 1 heterocycles. The summed E-state index contributed by atoms with van der Waals surface area (Å²) in [6, 6.07) is 0. The maximum atomic E-state index is 12.1. The molecule has 0 aromatic carbocycles. The van der Waals surface area contributed by atoms with E-state index in [1.807, 2.05) is 20.8 Å². The summed E-state index contributed by atoms with van der Waals surface area (Å²) in [7, 11) is 0. The Bertz CT molecular complexity index is 430. The van der Waals surface area contributed by atoms with Crippen molar-refractivity contribution in [3.63, 3.8) is 0 Å². The summed E-state index contributed by atoms with van der Waals surface area (Å²) < 4.78 is 5.54. The highest BCUT2D eigenvalue weighted by Gasteiger charge is 2.31. The van der Waals surface area contributed by atoms with Gasteiger partial charge in [0.25, 0.3) is 0 Å². The van der Waals surface area contributed by atoms with Crippen molar-refractivity contribution in [1.29, 1.82) is 0 Å². The van der Waals surface area contributed by atoms with Gasteiger partial charge in [0.15, 0.2) is 0 Å². The quantitative estimate of drug-likeness (QED) is 0.487. The van der Waals surface area contributed by atoms with Crippen molar-refractivity contribution in [2.75, 3.05) is 13.1 Å². The molecule has 8 heteroatoms. The molecule has 0 radical (unpaired) electrons. The van der Waals surface area contributed by atoms with Crippen LogP contribution in [-0.2, 0) is 9.57 Å². The second-order valence-electron chi connectivity index (χ2n) is 7.25. The second-order valence-corrected chi connectivity index (χ2v) is 7.25. The van der Waals surface area contributed by atoms with Crippen molar-refractivity contribution < 1.29 is 19.3 Å². The summed E-state index contributed by atoms with van der Waals surface area (Å²) in [5.74, 6) is 0. The summed E-state index contributed by atoms with van der Waals surface area (Å²) >= 11 is 0. The number of carbonyl (C=O) groups is 1. The van der Waals surface area contributed by atoms with E-state index in [1.54, 1.807) is 4.90 Å². The van der Waals surface area contributed by atoms with Gasteiger partial charge in [0.1, 0.15) is 17.7 Å². The Morgan fingerprint density at radius 2 is 1.91 bits per heavy atom. The van der Waals surface area contributed by atoms with Gasteiger partial charge in [0.2, 0.25) is 0 Å². The average molecular weight is 328 g/mol. The van der Waals surface area contributed by atoms with Crippen LogP contribution in [0, 0.1) is 5.21 Å². The van der Waals surface area contributed by atoms with Gasteiger partial charge in [-0.2, -0.15) is 0 Å². The molecule has 1 atom stereocenters. The fourth-order valence-corrected chi connectivity index (χ4v) is 2.80. The number of hydrogen-bond donors (Lipinski definition) is 1. The number of hydrogen-bond acceptors (Lipinski definition) is 5. The average Bonchev–Trinajstić information content (AvgIpc) is 2.93. The van der Waals surface area contributed by atoms with Gasteiger partial charge in [0, 0.05) is 11.7 Å². The summed E-state index contributed by atoms with van der Waals surface area (Å²) in [6.07, 6.45) is 5.61. The predicted molar refractivity (Wildman–Crippen MR) is 83.4 cm³/mol. The maximum absolute atomic E-state index is 12.1. The molecule has 1 aliphatic carbocycles. The molecule has 1 N–H and O–H groups in total. The fraction of sp³-hybridized carbons (Fsp3) is 0.933. The lowest BCUT2D eigenvalue weighted by atomic mass is 9.98. The zero-order valence-corrected chi connectivity index (χ0v) is 14.3. The molecular weight excluding hydrogens is 300 g/mol. The topological polar surface area (TPSA) is 89.2 Å². The molecule has 0 unspecified atom stereocenters. The van der Waals surface area contributed by atoms with Gasteiger partial charge >= 0.3 is 6.09 Å². The molecule has 2 rings (SSSR count). The fourth-order valence-electron chi connectivity index (χ4n) is 2.80. The Morgan fingerprint density at radius 1 is 1.22 bits per heavy atom. The Labute approximate surface area is 137 Å². The van der Waals surface area contributed by atoms with Crippen LogP contribution in [-0.4, -0.2) is 46.8 Å². The molecule has 2 fully saturated rings. The van der Waals surface area contributed by atoms with Crippen LogP contribution in [0.4, 0.5) is 4.79 Å². The van der Waals surface area contributed by atoms with E-state index in [4.69, 9.17) is 9.57 Å². The van der Waals surface area contributed by atoms with Crippen LogP contribution < -0.4 is 5.59 Å². The lowest BCUT2D eigenvalue weighted by Gasteiger charge is -2.24. The minimum Gasteiger partial charge on any atom is -0.570 e. The molecule has 1 saturated carbocycles. The SMILES string of the molecule is CC(C)(C)N=[N+]([O-])NO[C@@H]1CCN(C(=O)OC2CCCCC2)C1. The molecule has 8 nitrogen and oxygen atoms in total. The van der Waals surface area contributed by atoms with E-state index in [2.05, 4.69) is 10.7 Å². The Morgan fingerprint density at radius 3 is 2.57 bits per heavy atom. The molecular formula is C15H28N4O4. The van der Waals surface area contributed by atoms with Crippen molar-refractivity contribution in [1.82, 2.24) is 10.5 Å². The Balaban J connectivity index is 1.71. The van der Waals surface area contributed by atoms with Crippen LogP contribution >= 0.6 is 0 Å². The van der Waals surface area contributed by atoms with E-state index >= 15 is 0 Å². The third kappa shape index (κ3) is 6.21. The lowest BCUT2D eigenvalue weighted by Crippen LogP contribution is -2.36. The van der Waals surface area contributed by atoms with Crippen molar-refractivity contribution in [3.05, 3.63) is 5.21 Å². The first kappa shape index (κ1) is 17.8. The Hall–Kier alpha value is -1.57. The molecule has 132 valence electrons. The normalized spacial score (nSPS) is 23.9. The van der Waals surface area contributed by atoms with Crippen LogP contribution in [0.5, 0.6) is 0 Å². The summed E-state index contributed by atoms with van der Waals surface area (Å²) in [6.45, 7) is 6.45. The molecule has 0 spiro atoms. The van der Waals surface area contributed by atoms with Crippen LogP contribution in [0.1, 0.15) is 59.3 Å². The van der Waals surface area contributed by atoms with Gasteiger partial charge in [-0.05, 0) is 58.5 Å². The monoisotopic (exact) mass is 328 g/mol. The number of nitrogens with zero attached hydrogens (tertiary/aromatic N) is 3. The van der Waals surface area contributed by atoms with E-state index in [-0.39, 0.29) is 18.3 Å². The highest BCUT2D eigenvalue weighted by atomic mass is 16.8. The molecule has 2 aliphatic rings. The summed E-state index contributed by atoms with van der Waals surface area (Å²) in [5, 5.41) is 15.3. The third-order valence-electron chi connectivity index (χ3n) is 3.91. The number of nitrogens with one attached hydrogen (secondary N) is 1. The minimum absolute atomic E-state index is 0.0528. The van der Waals surface area contributed by atoms with E-state index in [0.29, 0.717) is 24.5 Å². The van der Waals surface area contributed by atoms with E-state index in [1.165, 1.54) is 6.42 Å². The first-order valence-electron chi connectivity index (χ1n) is 8.40. The molecule has 0 aromatic heterocycles. The van der Waals surface area contributed by atoms with Gasteiger partial charge < -0.3 is 14.8 Å². The highest BCUT2D eigenvalue weighted by molar-refractivity contribution is 5.68. The maximum Gasteiger partial charge on any atom is 0.410 e. The smallest absolute Gasteiger partial charge is 0.410 e. The van der Waals surface area contributed by atoms with Crippen LogP contribution in [0.2, 0.25) is 0 Å². The van der Waals surface area contributed by atoms with Gasteiger partial charge in [-0.3, -0.25) is 0 Å². The second kappa shape index (κ2) is 7.81. The minimum atomic E-state index is -0.483. The standard InChI is InChI=1S/C15H28N4O4/c1-15(2,3)16-19(21)17-23-13-9-10-18(11-13)14(20)22-12-7-5-4-6-8-12/h12-13H,4-11H2,1-3H3,(H,16,17)/t13-/m1/s1. The zero-order valence-electron chi connectivity index (χ0n) is 14.3. The highest BCUT2D eigenvalue weighted by Crippen LogP contribution is 2.22. The number of rotatable bonds is 4. The predicted octanol–water partition coefficient (Wildman–Crippen LogP) is 2.73. The van der Waals surface area contributed by atoms with Crippen molar-refractivity contribution in [3.8, 4) is 0 Å². The van der Waals surface area contributed by atoms with Crippen molar-refractivity contribution in [2.24, 2.45) is 5.11 Å². The van der Waals surface area contributed by atoms with Crippen LogP contribution in [0.3, 0.4) is 0 Å². The number of carbonyl (C=O) groups excluding carboxylic acids is 1. The van der Waals surface area contributed by atoms with Crippen LogP contribution in [0.15, 0.2) is 5.11 Å². The molecule has 1 aliphatic heterocycles. The van der Waals surface area contributed by atoms with Gasteiger partial charge in [0.05, 0.1) is 11.5 Å². The first-order chi connectivity index (χ1) is 10.8. The number of hydrazine groups is 1. The van der Waals surface area contributed by atoms with Crippen molar-refractivity contribution >= 4 is 6.09 Å². The zero-order chi connectivity index (χ0) is 16.9. The summed E-state index contributed by atoms with van der Waals surface area (Å²) in [4.78, 5) is 19.4. The van der Waals surface area contributed by atoms with E-state index < -0.39 is 5.54 Å². The Kier molecular flexibility index (Phi) is 6.04. The van der Waals surface area contributed by atoms with Gasteiger partial charge in [-0.25, -0.2) is 9.63 Å². The van der Waals surface area contributed by atoms with Crippen LogP contribution in [0.25, 0.3) is 0 Å².